The van der Waals surface area contributed by atoms with Crippen LogP contribution >= 0.6 is 0 Å². The molecule has 3 aromatic rings. The third-order valence-corrected chi connectivity index (χ3v) is 9.31. The molecule has 0 bridgehead atoms. The van der Waals surface area contributed by atoms with Crippen molar-refractivity contribution in [1.29, 1.82) is 0 Å². The third-order valence-electron chi connectivity index (χ3n) is 9.31. The minimum Gasteiger partial charge on any atom is -0.550 e. The molecular formula is C34H39F2N4NaO4. The molecule has 1 aromatic carbocycles. The van der Waals surface area contributed by atoms with Crippen molar-refractivity contribution >= 4 is 11.8 Å². The van der Waals surface area contributed by atoms with Gasteiger partial charge in [0.15, 0.2) is 11.6 Å². The summed E-state index contributed by atoms with van der Waals surface area (Å²) in [6.45, 7) is 8.03. The third kappa shape index (κ3) is 8.21. The zero-order valence-electron chi connectivity index (χ0n) is 26.1. The number of hydrogen-bond donors (Lipinski definition) is 0. The van der Waals surface area contributed by atoms with E-state index in [1.807, 2.05) is 30.0 Å². The maximum atomic E-state index is 15.1. The van der Waals surface area contributed by atoms with Crippen molar-refractivity contribution in [3.8, 4) is 17.0 Å². The molecule has 0 N–H and O–H groups in total. The van der Waals surface area contributed by atoms with E-state index in [-0.39, 0.29) is 47.5 Å². The predicted molar refractivity (Wildman–Crippen MR) is 160 cm³/mol. The molecule has 3 aliphatic heterocycles. The van der Waals surface area contributed by atoms with Crippen molar-refractivity contribution in [2.45, 2.75) is 51.6 Å². The van der Waals surface area contributed by atoms with Crippen LogP contribution in [0.5, 0.6) is 5.75 Å². The first-order valence-electron chi connectivity index (χ1n) is 15.7. The molecule has 45 heavy (non-hydrogen) atoms. The minimum atomic E-state index is -1.03. The second-order valence-electron chi connectivity index (χ2n) is 12.3. The normalized spacial score (nSPS) is 19.8. The zero-order chi connectivity index (χ0) is 30.6. The molecular weight excluding hydrogens is 589 g/mol. The Morgan fingerprint density at radius 2 is 1.80 bits per heavy atom. The molecule has 3 saturated heterocycles. The minimum absolute atomic E-state index is 0. The molecule has 0 spiro atoms. The molecule has 3 fully saturated rings. The fourth-order valence-electron chi connectivity index (χ4n) is 6.63. The molecule has 0 saturated carbocycles. The molecule has 0 amide bonds. The number of benzene rings is 1. The van der Waals surface area contributed by atoms with Gasteiger partial charge in [0.05, 0.1) is 12.3 Å². The second kappa shape index (κ2) is 15.3. The van der Waals surface area contributed by atoms with E-state index >= 15 is 4.39 Å². The Kier molecular flexibility index (Phi) is 11.5. The first kappa shape index (κ1) is 33.7. The van der Waals surface area contributed by atoms with Crippen molar-refractivity contribution in [2.75, 3.05) is 50.8 Å². The molecule has 0 radical (unpaired) electrons. The number of hydrogen-bond acceptors (Lipinski definition) is 8. The summed E-state index contributed by atoms with van der Waals surface area (Å²) in [6, 6.07) is 11.4. The molecule has 234 valence electrons. The number of pyridine rings is 2. The second-order valence-corrected chi connectivity index (χ2v) is 12.3. The van der Waals surface area contributed by atoms with Crippen LogP contribution in [0.3, 0.4) is 0 Å². The number of aliphatic carboxylic acids is 1. The van der Waals surface area contributed by atoms with Gasteiger partial charge in [-0.05, 0) is 82.3 Å². The Hall–Kier alpha value is -2.63. The van der Waals surface area contributed by atoms with E-state index in [1.165, 1.54) is 6.07 Å². The zero-order valence-corrected chi connectivity index (χ0v) is 28.1. The molecule has 8 nitrogen and oxygen atoms in total. The van der Waals surface area contributed by atoms with Crippen LogP contribution in [0.1, 0.15) is 55.0 Å². The summed E-state index contributed by atoms with van der Waals surface area (Å²) in [5, 5.41) is 11.2. The summed E-state index contributed by atoms with van der Waals surface area (Å²) in [4.78, 5) is 25.3. The predicted octanol–water partition coefficient (Wildman–Crippen LogP) is 1.50. The van der Waals surface area contributed by atoms with Gasteiger partial charge in [0.25, 0.3) is 0 Å². The average Bonchev–Trinajstić information content (AvgIpc) is 3.54. The van der Waals surface area contributed by atoms with E-state index in [4.69, 9.17) is 14.5 Å². The van der Waals surface area contributed by atoms with Gasteiger partial charge in [0.1, 0.15) is 18.2 Å². The fraction of sp³-hybridized carbons (Fsp3) is 0.500. The van der Waals surface area contributed by atoms with Crippen LogP contribution in [0.4, 0.5) is 14.6 Å². The van der Waals surface area contributed by atoms with Crippen molar-refractivity contribution < 1.29 is 57.7 Å². The topological polar surface area (TPSA) is 90.9 Å². The van der Waals surface area contributed by atoms with Crippen LogP contribution in [0.25, 0.3) is 11.3 Å². The summed E-state index contributed by atoms with van der Waals surface area (Å²) in [6.07, 6.45) is 4.21. The number of nitrogens with zero attached hydrogens (tertiary/aromatic N) is 4. The standard InChI is InChI=1S/C34H40F2N4O4.Na/c1-22-26(5-6-30(37-22)24-7-12-39(13-8-24)19-23-11-16-43-20-23)21-44-33-28(17-27(35)18-29(33)36)31-3-2-4-32(38-31)40-14-9-25(10-15-40)34(41)42;/h2-6,17-18,23-25H,7-16,19-21H2,1H3,(H,41,42);/q;+1/p-1. The number of halogens is 2. The SMILES string of the molecule is Cc1nc(C2CCN(CC3CCOC3)CC2)ccc1COc1c(F)cc(F)cc1-c1cccc(N2CCC(C(=O)[O-])CC2)n1.[Na+]. The van der Waals surface area contributed by atoms with Gasteiger partial charge in [-0.3, -0.25) is 4.98 Å². The van der Waals surface area contributed by atoms with Gasteiger partial charge in [-0.15, -0.1) is 0 Å². The van der Waals surface area contributed by atoms with Crippen molar-refractivity contribution in [3.63, 3.8) is 0 Å². The molecule has 0 aliphatic carbocycles. The quantitative estimate of drug-likeness (QED) is 0.330. The number of carbonyl (C=O) groups excluding carboxylic acids is 1. The van der Waals surface area contributed by atoms with Crippen LogP contribution in [-0.2, 0) is 16.1 Å². The van der Waals surface area contributed by atoms with Crippen molar-refractivity contribution in [2.24, 2.45) is 11.8 Å². The molecule has 11 heteroatoms. The summed E-state index contributed by atoms with van der Waals surface area (Å²) >= 11 is 0. The molecule has 6 rings (SSSR count). The Morgan fingerprint density at radius 1 is 1.02 bits per heavy atom. The number of ether oxygens (including phenoxy) is 2. The van der Waals surface area contributed by atoms with Gasteiger partial charge in [-0.2, -0.15) is 0 Å². The van der Waals surface area contributed by atoms with E-state index in [9.17, 15) is 14.3 Å². The Labute approximate surface area is 285 Å². The number of carboxylic acids is 1. The molecule has 2 aromatic heterocycles. The summed E-state index contributed by atoms with van der Waals surface area (Å²) in [5.41, 5.74) is 3.33. The van der Waals surface area contributed by atoms with E-state index in [0.29, 0.717) is 49.3 Å². The van der Waals surface area contributed by atoms with Gasteiger partial charge in [0, 0.05) is 72.6 Å². The molecule has 5 heterocycles. The maximum absolute atomic E-state index is 15.1. The number of piperidine rings is 2. The summed E-state index contributed by atoms with van der Waals surface area (Å²) in [5.74, 6) is -1.44. The largest absolute Gasteiger partial charge is 1.00 e. The van der Waals surface area contributed by atoms with Gasteiger partial charge in [-0.1, -0.05) is 12.1 Å². The van der Waals surface area contributed by atoms with Crippen LogP contribution in [0.2, 0.25) is 0 Å². The van der Waals surface area contributed by atoms with E-state index in [0.717, 1.165) is 75.1 Å². The van der Waals surface area contributed by atoms with Crippen LogP contribution in [0, 0.1) is 30.4 Å². The Morgan fingerprint density at radius 3 is 2.49 bits per heavy atom. The Bertz CT molecular complexity index is 1470. The number of anilines is 1. The average molecular weight is 629 g/mol. The van der Waals surface area contributed by atoms with E-state index in [1.54, 1.807) is 12.1 Å². The fourth-order valence-corrected chi connectivity index (χ4v) is 6.63. The number of carboxylic acid groups (broad SMARTS) is 1. The number of aromatic nitrogens is 2. The molecule has 3 aliphatic rings. The number of aryl methyl sites for hydroxylation is 1. The maximum Gasteiger partial charge on any atom is 1.00 e. The number of carbonyl (C=O) groups is 1. The summed E-state index contributed by atoms with van der Waals surface area (Å²) in [7, 11) is 0. The molecule has 1 atom stereocenters. The van der Waals surface area contributed by atoms with E-state index in [2.05, 4.69) is 9.88 Å². The van der Waals surface area contributed by atoms with Crippen LogP contribution in [-0.4, -0.2) is 66.8 Å². The monoisotopic (exact) mass is 628 g/mol. The van der Waals surface area contributed by atoms with Crippen molar-refractivity contribution in [1.82, 2.24) is 14.9 Å². The first-order valence-corrected chi connectivity index (χ1v) is 15.7. The summed E-state index contributed by atoms with van der Waals surface area (Å²) < 4.78 is 41.1. The molecule has 1 unspecified atom stereocenters. The van der Waals surface area contributed by atoms with Gasteiger partial charge in [0.2, 0.25) is 0 Å². The van der Waals surface area contributed by atoms with Gasteiger partial charge in [-0.25, -0.2) is 13.8 Å². The van der Waals surface area contributed by atoms with Crippen molar-refractivity contribution in [3.05, 3.63) is 71.1 Å². The first-order chi connectivity index (χ1) is 21.3. The van der Waals surface area contributed by atoms with Crippen LogP contribution in [0.15, 0.2) is 42.5 Å². The number of rotatable bonds is 9. The Balaban J connectivity index is 0.00000400. The smallest absolute Gasteiger partial charge is 0.550 e. The number of likely N-dealkylation sites (tertiary alicyclic amines) is 1. The van der Waals surface area contributed by atoms with E-state index < -0.39 is 23.5 Å². The van der Waals surface area contributed by atoms with Gasteiger partial charge >= 0.3 is 29.6 Å². The van der Waals surface area contributed by atoms with Crippen LogP contribution < -0.4 is 44.3 Å². The van der Waals surface area contributed by atoms with Gasteiger partial charge < -0.3 is 29.2 Å².